The Bertz CT molecular complexity index is 912. The van der Waals surface area contributed by atoms with Crippen molar-refractivity contribution in [2.75, 3.05) is 17.2 Å². The number of benzene rings is 2. The molecule has 1 unspecified atom stereocenters. The first kappa shape index (κ1) is 21.8. The zero-order valence-corrected chi connectivity index (χ0v) is 17.6. The second-order valence-electron chi connectivity index (χ2n) is 6.62. The molecule has 0 aromatic heterocycles. The first-order chi connectivity index (χ1) is 13.3. The molecule has 0 heterocycles. The van der Waals surface area contributed by atoms with E-state index in [0.29, 0.717) is 25.3 Å². The van der Waals surface area contributed by atoms with E-state index in [0.717, 1.165) is 23.1 Å². The number of nitrogens with one attached hydrogen (secondary N) is 1. The smallest absolute Gasteiger partial charge is 0.244 e. The molecule has 0 spiro atoms. The third-order valence-corrected chi connectivity index (χ3v) is 5.44. The van der Waals surface area contributed by atoms with Crippen LogP contribution in [0.2, 0.25) is 0 Å². The molecule has 0 aliphatic rings. The highest BCUT2D eigenvalue weighted by Gasteiger charge is 2.31. The lowest BCUT2D eigenvalue weighted by atomic mass is 10.1. The molecule has 2 rings (SSSR count). The summed E-state index contributed by atoms with van der Waals surface area (Å²) in [5, 5.41) is 2.86. The molecule has 0 aliphatic heterocycles. The SMILES string of the molecule is CCOc1cccc(CNC(=O)C(CC)N(c2cccc(C)c2)S(C)(=O)=O)c1. The van der Waals surface area contributed by atoms with Gasteiger partial charge in [-0.15, -0.1) is 0 Å². The number of hydrogen-bond acceptors (Lipinski definition) is 4. The molecule has 0 radical (unpaired) electrons. The van der Waals surface area contributed by atoms with Crippen LogP contribution in [0.25, 0.3) is 0 Å². The lowest BCUT2D eigenvalue weighted by molar-refractivity contribution is -0.122. The third kappa shape index (κ3) is 5.73. The van der Waals surface area contributed by atoms with Crippen LogP contribution in [0.15, 0.2) is 48.5 Å². The Balaban J connectivity index is 2.21. The van der Waals surface area contributed by atoms with Crippen molar-refractivity contribution in [3.63, 3.8) is 0 Å². The van der Waals surface area contributed by atoms with Gasteiger partial charge in [0.15, 0.2) is 0 Å². The molecule has 1 N–H and O–H groups in total. The second kappa shape index (κ2) is 9.59. The number of carbonyl (C=O) groups excluding carboxylic acids is 1. The summed E-state index contributed by atoms with van der Waals surface area (Å²) in [6, 6.07) is 13.8. The van der Waals surface area contributed by atoms with Gasteiger partial charge in [0.2, 0.25) is 15.9 Å². The highest BCUT2D eigenvalue weighted by atomic mass is 32.2. The molecule has 0 saturated heterocycles. The normalized spacial score (nSPS) is 12.3. The van der Waals surface area contributed by atoms with E-state index < -0.39 is 16.1 Å². The molecule has 2 aromatic rings. The molecule has 0 bridgehead atoms. The summed E-state index contributed by atoms with van der Waals surface area (Å²) in [4.78, 5) is 12.9. The van der Waals surface area contributed by atoms with Crippen LogP contribution in [0.5, 0.6) is 5.75 Å². The summed E-state index contributed by atoms with van der Waals surface area (Å²) in [5.41, 5.74) is 2.30. The predicted molar refractivity (Wildman–Crippen MR) is 112 cm³/mol. The van der Waals surface area contributed by atoms with Crippen molar-refractivity contribution < 1.29 is 17.9 Å². The van der Waals surface area contributed by atoms with Crippen molar-refractivity contribution in [3.05, 3.63) is 59.7 Å². The van der Waals surface area contributed by atoms with Gasteiger partial charge < -0.3 is 10.1 Å². The number of anilines is 1. The fourth-order valence-electron chi connectivity index (χ4n) is 3.04. The third-order valence-electron chi connectivity index (χ3n) is 4.26. The molecular formula is C21H28N2O4S. The molecule has 2 aromatic carbocycles. The number of amides is 1. The Morgan fingerprint density at radius 2 is 1.86 bits per heavy atom. The van der Waals surface area contributed by atoms with Crippen molar-refractivity contribution in [3.8, 4) is 5.75 Å². The van der Waals surface area contributed by atoms with E-state index in [1.165, 1.54) is 4.31 Å². The maximum absolute atomic E-state index is 12.9. The predicted octanol–water partition coefficient (Wildman–Crippen LogP) is 3.25. The van der Waals surface area contributed by atoms with Crippen LogP contribution in [0.3, 0.4) is 0 Å². The molecule has 0 aliphatic carbocycles. The summed E-state index contributed by atoms with van der Waals surface area (Å²) >= 11 is 0. The van der Waals surface area contributed by atoms with E-state index in [4.69, 9.17) is 4.74 Å². The summed E-state index contributed by atoms with van der Waals surface area (Å²) in [5.74, 6) is 0.398. The summed E-state index contributed by atoms with van der Waals surface area (Å²) in [6.07, 6.45) is 1.47. The van der Waals surface area contributed by atoms with Crippen LogP contribution >= 0.6 is 0 Å². The van der Waals surface area contributed by atoms with Crippen molar-refractivity contribution in [1.82, 2.24) is 5.32 Å². The monoisotopic (exact) mass is 404 g/mol. The van der Waals surface area contributed by atoms with Crippen LogP contribution < -0.4 is 14.4 Å². The van der Waals surface area contributed by atoms with Gasteiger partial charge >= 0.3 is 0 Å². The minimum Gasteiger partial charge on any atom is -0.494 e. The van der Waals surface area contributed by atoms with Gasteiger partial charge in [-0.2, -0.15) is 0 Å². The molecule has 0 fully saturated rings. The van der Waals surface area contributed by atoms with Gasteiger partial charge in [0.05, 0.1) is 18.6 Å². The Hall–Kier alpha value is -2.54. The molecular weight excluding hydrogens is 376 g/mol. The first-order valence-electron chi connectivity index (χ1n) is 9.31. The Morgan fingerprint density at radius 1 is 1.14 bits per heavy atom. The number of ether oxygens (including phenoxy) is 1. The summed E-state index contributed by atoms with van der Waals surface area (Å²) in [6.45, 7) is 6.45. The average Bonchev–Trinajstić information content (AvgIpc) is 2.63. The maximum atomic E-state index is 12.9. The molecule has 152 valence electrons. The zero-order valence-electron chi connectivity index (χ0n) is 16.8. The number of rotatable bonds is 9. The Labute approximate surface area is 167 Å². The number of hydrogen-bond donors (Lipinski definition) is 1. The fourth-order valence-corrected chi connectivity index (χ4v) is 4.25. The molecule has 0 saturated carbocycles. The van der Waals surface area contributed by atoms with Crippen LogP contribution in [-0.2, 0) is 21.4 Å². The van der Waals surface area contributed by atoms with E-state index >= 15 is 0 Å². The summed E-state index contributed by atoms with van der Waals surface area (Å²) < 4.78 is 31.6. The summed E-state index contributed by atoms with van der Waals surface area (Å²) in [7, 11) is -3.64. The Kier molecular flexibility index (Phi) is 7.45. The van der Waals surface area contributed by atoms with Crippen molar-refractivity contribution in [2.45, 2.75) is 39.8 Å². The number of aryl methyl sites for hydroxylation is 1. The van der Waals surface area contributed by atoms with Crippen molar-refractivity contribution in [1.29, 1.82) is 0 Å². The van der Waals surface area contributed by atoms with E-state index in [1.807, 2.05) is 44.2 Å². The van der Waals surface area contributed by atoms with E-state index in [1.54, 1.807) is 25.1 Å². The van der Waals surface area contributed by atoms with Gasteiger partial charge in [0, 0.05) is 6.54 Å². The standard InChI is InChI=1S/C21H28N2O4S/c1-5-20(23(28(4,25)26)18-11-7-9-16(3)13-18)21(24)22-15-17-10-8-12-19(14-17)27-6-2/h7-14,20H,5-6,15H2,1-4H3,(H,22,24). The van der Waals surface area contributed by atoms with Crippen molar-refractivity contribution >= 4 is 21.6 Å². The average molecular weight is 405 g/mol. The van der Waals surface area contributed by atoms with Crippen LogP contribution in [0, 0.1) is 6.92 Å². The van der Waals surface area contributed by atoms with Gasteiger partial charge in [-0.3, -0.25) is 9.10 Å². The van der Waals surface area contributed by atoms with Gasteiger partial charge in [-0.25, -0.2) is 8.42 Å². The van der Waals surface area contributed by atoms with Gasteiger partial charge in [0.25, 0.3) is 0 Å². The molecule has 28 heavy (non-hydrogen) atoms. The van der Waals surface area contributed by atoms with E-state index in [2.05, 4.69) is 5.32 Å². The van der Waals surface area contributed by atoms with Gasteiger partial charge in [-0.1, -0.05) is 31.2 Å². The molecule has 7 heteroatoms. The lowest BCUT2D eigenvalue weighted by Gasteiger charge is -2.30. The fraction of sp³-hybridized carbons (Fsp3) is 0.381. The van der Waals surface area contributed by atoms with Crippen LogP contribution in [0.4, 0.5) is 5.69 Å². The van der Waals surface area contributed by atoms with E-state index in [-0.39, 0.29) is 5.91 Å². The minimum absolute atomic E-state index is 0.293. The topological polar surface area (TPSA) is 75.7 Å². The quantitative estimate of drug-likeness (QED) is 0.696. The highest BCUT2D eigenvalue weighted by molar-refractivity contribution is 7.92. The largest absolute Gasteiger partial charge is 0.494 e. The first-order valence-corrected chi connectivity index (χ1v) is 11.2. The van der Waals surface area contributed by atoms with Crippen LogP contribution in [0.1, 0.15) is 31.4 Å². The number of carbonyl (C=O) groups is 1. The highest BCUT2D eigenvalue weighted by Crippen LogP contribution is 2.23. The zero-order chi connectivity index (χ0) is 20.7. The minimum atomic E-state index is -3.64. The molecule has 1 amide bonds. The van der Waals surface area contributed by atoms with Gasteiger partial charge in [0.1, 0.15) is 11.8 Å². The molecule has 6 nitrogen and oxygen atoms in total. The molecule has 1 atom stereocenters. The second-order valence-corrected chi connectivity index (χ2v) is 8.48. The number of nitrogens with zero attached hydrogens (tertiary/aromatic N) is 1. The number of sulfonamides is 1. The van der Waals surface area contributed by atoms with Crippen LogP contribution in [-0.4, -0.2) is 33.2 Å². The van der Waals surface area contributed by atoms with Gasteiger partial charge in [-0.05, 0) is 55.7 Å². The van der Waals surface area contributed by atoms with E-state index in [9.17, 15) is 13.2 Å². The lowest BCUT2D eigenvalue weighted by Crippen LogP contribution is -2.49. The Morgan fingerprint density at radius 3 is 2.46 bits per heavy atom. The van der Waals surface area contributed by atoms with Crippen molar-refractivity contribution in [2.24, 2.45) is 0 Å². The maximum Gasteiger partial charge on any atom is 0.244 e.